The van der Waals surface area contributed by atoms with Crippen LogP contribution in [0.5, 0.6) is 0 Å². The van der Waals surface area contributed by atoms with Crippen molar-refractivity contribution in [2.45, 2.75) is 17.5 Å². The topological polar surface area (TPSA) is 299 Å². The number of azide groups is 1. The van der Waals surface area contributed by atoms with E-state index in [1.54, 1.807) is 0 Å². The number of nitrogens with two attached hydrogens (primary N) is 1. The van der Waals surface area contributed by atoms with Crippen molar-refractivity contribution in [3.8, 4) is 0 Å². The van der Waals surface area contributed by atoms with Gasteiger partial charge < -0.3 is 35.2 Å². The van der Waals surface area contributed by atoms with E-state index in [1.165, 1.54) is 0 Å². The van der Waals surface area contributed by atoms with Gasteiger partial charge in [0.2, 0.25) is 5.79 Å². The molecule has 0 spiro atoms. The number of rotatable bonds is 10. The molecule has 5 atom stereocenters. The number of aliphatic hydroxyl groups excluding tert-OH is 1. The van der Waals surface area contributed by atoms with Crippen LogP contribution in [-0.4, -0.2) is 65.7 Å². The van der Waals surface area contributed by atoms with Crippen molar-refractivity contribution in [2.75, 3.05) is 25.5 Å². The van der Waals surface area contributed by atoms with Crippen LogP contribution in [0.4, 0.5) is 14.6 Å². The zero-order valence-electron chi connectivity index (χ0n) is 16.2. The molecule has 1 aliphatic rings. The molecule has 1 fully saturated rings. The Balaban J connectivity index is 2.35. The first-order valence-electron chi connectivity index (χ1n) is 8.22. The maximum atomic E-state index is 15.6. The van der Waals surface area contributed by atoms with Gasteiger partial charge in [0.1, 0.15) is 18.3 Å². The average Bonchev–Trinajstić information content (AvgIpc) is 2.91. The molecular weight excluding hydrogens is 543 g/mol. The van der Waals surface area contributed by atoms with Gasteiger partial charge in [0.15, 0.2) is 11.6 Å². The predicted octanol–water partition coefficient (Wildman–Crippen LogP) is -0.630. The number of phosphoric ester groups is 1. The quantitative estimate of drug-likeness (QED) is 0.0901. The molecule has 1 aliphatic heterocycles. The summed E-state index contributed by atoms with van der Waals surface area (Å²) in [6.07, 6.45) is -2.37. The minimum atomic E-state index is -5.91. The summed E-state index contributed by atoms with van der Waals surface area (Å²) in [7, 11) is -17.4. The molecule has 2 heterocycles. The molecule has 19 nitrogen and oxygen atoms in total. The van der Waals surface area contributed by atoms with Gasteiger partial charge in [-0.15, -0.1) is 0 Å². The molecule has 1 aromatic heterocycles. The van der Waals surface area contributed by atoms with Crippen LogP contribution >= 0.6 is 23.5 Å². The van der Waals surface area contributed by atoms with Crippen LogP contribution in [0.2, 0.25) is 0 Å². The number of nitrogens with zero attached hydrogens (tertiary/aromatic N) is 5. The lowest BCUT2D eigenvalue weighted by Gasteiger charge is -2.33. The Bertz CT molecular complexity index is 1200. The standard InChI is InChI=1S/C10H15F2N6O13P3/c11-5-1-18(8(20)16-6(5)13)10(12)4-28-9(7(10)19,2-15-17-14)3-29-33(24,25)31-34(26,27)30-32(21,22)23/h1,7,19H,2-4H2,(H,24,25)(H,26,27)(H2,13,16,20)(H2,21,22,23)/t7-,9-,10-/m1/s1. The highest BCUT2D eigenvalue weighted by Crippen LogP contribution is 2.66. The molecule has 0 saturated carbocycles. The fraction of sp³-hybridized carbons (Fsp3) is 0.600. The molecule has 2 unspecified atom stereocenters. The number of aliphatic hydroxyl groups is 1. The van der Waals surface area contributed by atoms with E-state index in [0.29, 0.717) is 0 Å². The number of nitrogen functional groups attached to an aromatic ring is 1. The van der Waals surface area contributed by atoms with Crippen molar-refractivity contribution in [1.29, 1.82) is 0 Å². The van der Waals surface area contributed by atoms with Crippen molar-refractivity contribution < 1.29 is 65.0 Å². The number of halogens is 2. The summed E-state index contributed by atoms with van der Waals surface area (Å²) < 4.78 is 79.7. The Morgan fingerprint density at radius 2 is 1.94 bits per heavy atom. The highest BCUT2D eigenvalue weighted by atomic mass is 31.3. The molecule has 1 aromatic rings. The monoisotopic (exact) mass is 558 g/mol. The second-order valence-electron chi connectivity index (χ2n) is 6.45. The number of hydrogen-bond acceptors (Lipinski definition) is 12. The van der Waals surface area contributed by atoms with Crippen molar-refractivity contribution in [2.24, 2.45) is 5.11 Å². The van der Waals surface area contributed by atoms with Crippen LogP contribution in [0.15, 0.2) is 16.1 Å². The Hall–Kier alpha value is -1.82. The minimum Gasteiger partial charge on any atom is -0.385 e. The molecule has 0 radical (unpaired) electrons. The van der Waals surface area contributed by atoms with Crippen LogP contribution < -0.4 is 11.4 Å². The number of hydrogen-bond donors (Lipinski definition) is 6. The van der Waals surface area contributed by atoms with Crippen molar-refractivity contribution in [3.63, 3.8) is 0 Å². The van der Waals surface area contributed by atoms with E-state index >= 15 is 4.39 Å². The van der Waals surface area contributed by atoms with Crippen LogP contribution in [0.1, 0.15) is 0 Å². The zero-order valence-corrected chi connectivity index (χ0v) is 18.9. The summed E-state index contributed by atoms with van der Waals surface area (Å²) in [5.74, 6) is -5.60. The summed E-state index contributed by atoms with van der Waals surface area (Å²) in [5.41, 5.74) is 9.56. The fourth-order valence-corrected chi connectivity index (χ4v) is 5.74. The molecule has 0 aliphatic carbocycles. The van der Waals surface area contributed by atoms with Crippen molar-refractivity contribution >= 4 is 29.3 Å². The summed E-state index contributed by atoms with van der Waals surface area (Å²) in [5, 5.41) is 13.6. The van der Waals surface area contributed by atoms with Gasteiger partial charge in [0.25, 0.3) is 0 Å². The smallest absolute Gasteiger partial charge is 0.385 e. The lowest BCUT2D eigenvalue weighted by atomic mass is 9.93. The van der Waals surface area contributed by atoms with E-state index in [9.17, 15) is 32.9 Å². The largest absolute Gasteiger partial charge is 0.490 e. The lowest BCUT2D eigenvalue weighted by Crippen LogP contribution is -2.55. The second-order valence-corrected chi connectivity index (χ2v) is 10.9. The van der Waals surface area contributed by atoms with Crippen molar-refractivity contribution in [1.82, 2.24) is 9.55 Å². The molecule has 2 rings (SSSR count). The van der Waals surface area contributed by atoms with E-state index in [0.717, 1.165) is 0 Å². The van der Waals surface area contributed by atoms with Gasteiger partial charge in [-0.05, 0) is 5.53 Å². The number of alkyl halides is 1. The minimum absolute atomic E-state index is 0.0496. The summed E-state index contributed by atoms with van der Waals surface area (Å²) >= 11 is 0. The first-order valence-corrected chi connectivity index (χ1v) is 12.7. The van der Waals surface area contributed by atoms with Crippen LogP contribution in [0.3, 0.4) is 0 Å². The molecule has 192 valence electrons. The fourth-order valence-electron chi connectivity index (χ4n) is 2.66. The van der Waals surface area contributed by atoms with Gasteiger partial charge in [0, 0.05) is 4.91 Å². The Kier molecular flexibility index (Phi) is 8.09. The maximum Gasteiger partial charge on any atom is 0.490 e. The molecule has 7 N–H and O–H groups in total. The number of ether oxygens (including phenoxy) is 1. The Morgan fingerprint density at radius 1 is 1.32 bits per heavy atom. The maximum absolute atomic E-state index is 15.6. The highest BCUT2D eigenvalue weighted by Gasteiger charge is 2.61. The molecule has 0 bridgehead atoms. The predicted molar refractivity (Wildman–Crippen MR) is 100 cm³/mol. The average molecular weight is 558 g/mol. The molecule has 1 saturated heterocycles. The summed E-state index contributed by atoms with van der Waals surface area (Å²) in [4.78, 5) is 53.1. The third kappa shape index (κ3) is 6.44. The van der Waals surface area contributed by atoms with Gasteiger partial charge in [0.05, 0.1) is 19.3 Å². The Labute approximate surface area is 185 Å². The molecular formula is C10H15F2N6O13P3. The third-order valence-electron chi connectivity index (χ3n) is 4.08. The van der Waals surface area contributed by atoms with Crippen molar-refractivity contribution in [3.05, 3.63) is 32.9 Å². The first kappa shape index (κ1) is 28.4. The van der Waals surface area contributed by atoms with E-state index in [2.05, 4.69) is 28.2 Å². The van der Waals surface area contributed by atoms with Gasteiger partial charge >= 0.3 is 29.2 Å². The summed E-state index contributed by atoms with van der Waals surface area (Å²) in [6.45, 7) is -3.77. The van der Waals surface area contributed by atoms with Crippen LogP contribution in [-0.2, 0) is 37.4 Å². The zero-order chi connectivity index (χ0) is 26.2. The molecule has 24 heteroatoms. The first-order chi connectivity index (χ1) is 15.4. The second kappa shape index (κ2) is 9.67. The van der Waals surface area contributed by atoms with E-state index < -0.39 is 78.0 Å². The number of anilines is 1. The van der Waals surface area contributed by atoms with Gasteiger partial charge in [-0.3, -0.25) is 9.09 Å². The van der Waals surface area contributed by atoms with Gasteiger partial charge in [-0.25, -0.2) is 27.3 Å². The molecule has 0 aromatic carbocycles. The highest BCUT2D eigenvalue weighted by molar-refractivity contribution is 7.66. The molecule has 34 heavy (non-hydrogen) atoms. The lowest BCUT2D eigenvalue weighted by molar-refractivity contribution is -0.0996. The molecule has 0 amide bonds. The SMILES string of the molecule is [N-]=[N+]=NC[C@]1(COP(=O)(O)OP(=O)(O)OP(=O)(O)O)OC[C@@](F)(n2cc(F)c(N)nc2=O)[C@@H]1O. The normalized spacial score (nSPS) is 28.6. The van der Waals surface area contributed by atoms with Crippen LogP contribution in [0, 0.1) is 5.82 Å². The number of phosphoric acid groups is 3. The summed E-state index contributed by atoms with van der Waals surface area (Å²) in [6, 6.07) is 0. The van der Waals surface area contributed by atoms with Gasteiger partial charge in [-0.2, -0.15) is 13.6 Å². The van der Waals surface area contributed by atoms with E-state index in [1.807, 2.05) is 0 Å². The third-order valence-corrected chi connectivity index (χ3v) is 7.86. The number of aromatic nitrogens is 2. The van der Waals surface area contributed by atoms with Crippen LogP contribution in [0.25, 0.3) is 10.4 Å². The Morgan fingerprint density at radius 3 is 2.50 bits per heavy atom. The van der Waals surface area contributed by atoms with E-state index in [4.69, 9.17) is 30.7 Å². The van der Waals surface area contributed by atoms with E-state index in [-0.39, 0.29) is 10.8 Å². The van der Waals surface area contributed by atoms with Gasteiger partial charge in [-0.1, -0.05) is 5.11 Å².